The van der Waals surface area contributed by atoms with Crippen LogP contribution in [0.5, 0.6) is 0 Å². The van der Waals surface area contributed by atoms with Gasteiger partial charge in [-0.25, -0.2) is 8.78 Å². The highest BCUT2D eigenvalue weighted by Gasteiger charge is 2.46. The molecule has 0 spiro atoms. The standard InChI is InChI=1S/C17H16F2N2O3/c18-12-2-3-13(14(19)8-12)17(5-6-17)10-20-15-7-11(9-22)1-4-16(15)21(23)24/h1-4,7-8,20,22H,5-6,9-10H2. The van der Waals surface area contributed by atoms with Crippen molar-refractivity contribution in [1.82, 2.24) is 0 Å². The quantitative estimate of drug-likeness (QED) is 0.626. The van der Waals surface area contributed by atoms with Crippen molar-refractivity contribution in [3.63, 3.8) is 0 Å². The van der Waals surface area contributed by atoms with Crippen LogP contribution in [-0.2, 0) is 12.0 Å². The summed E-state index contributed by atoms with van der Waals surface area (Å²) in [5.74, 6) is -1.24. The molecule has 24 heavy (non-hydrogen) atoms. The van der Waals surface area contributed by atoms with E-state index in [-0.39, 0.29) is 18.0 Å². The number of nitro benzene ring substituents is 1. The van der Waals surface area contributed by atoms with Crippen molar-refractivity contribution in [3.05, 3.63) is 69.3 Å². The third-order valence-corrected chi connectivity index (χ3v) is 4.41. The number of hydrogen-bond donors (Lipinski definition) is 2. The second kappa shape index (κ2) is 6.16. The average Bonchev–Trinajstić information content (AvgIpc) is 3.33. The lowest BCUT2D eigenvalue weighted by atomic mass is 9.95. The van der Waals surface area contributed by atoms with Gasteiger partial charge < -0.3 is 10.4 Å². The van der Waals surface area contributed by atoms with Gasteiger partial charge in [-0.1, -0.05) is 6.07 Å². The molecule has 0 bridgehead atoms. The van der Waals surface area contributed by atoms with Crippen LogP contribution >= 0.6 is 0 Å². The molecule has 7 heteroatoms. The Morgan fingerprint density at radius 3 is 2.54 bits per heavy atom. The Morgan fingerprint density at radius 2 is 1.96 bits per heavy atom. The van der Waals surface area contributed by atoms with Gasteiger partial charge in [0, 0.05) is 24.1 Å². The molecule has 126 valence electrons. The van der Waals surface area contributed by atoms with Gasteiger partial charge in [-0.05, 0) is 42.2 Å². The normalized spacial score (nSPS) is 15.1. The molecule has 0 aliphatic heterocycles. The zero-order valence-electron chi connectivity index (χ0n) is 12.8. The maximum Gasteiger partial charge on any atom is 0.292 e. The maximum atomic E-state index is 14.0. The van der Waals surface area contributed by atoms with E-state index in [0.29, 0.717) is 17.7 Å². The Morgan fingerprint density at radius 1 is 1.21 bits per heavy atom. The number of benzene rings is 2. The third kappa shape index (κ3) is 3.07. The summed E-state index contributed by atoms with van der Waals surface area (Å²) in [6.45, 7) is 0.0652. The molecule has 0 radical (unpaired) electrons. The number of hydrogen-bond acceptors (Lipinski definition) is 4. The van der Waals surface area contributed by atoms with Gasteiger partial charge in [0.25, 0.3) is 5.69 Å². The molecule has 1 saturated carbocycles. The van der Waals surface area contributed by atoms with Crippen LogP contribution in [0.4, 0.5) is 20.2 Å². The number of nitrogens with one attached hydrogen (secondary N) is 1. The Bertz CT molecular complexity index is 791. The number of rotatable bonds is 6. The summed E-state index contributed by atoms with van der Waals surface area (Å²) in [6.07, 6.45) is 1.44. The van der Waals surface area contributed by atoms with Crippen molar-refractivity contribution < 1.29 is 18.8 Å². The summed E-state index contributed by atoms with van der Waals surface area (Å²) in [7, 11) is 0. The molecule has 0 heterocycles. The number of aliphatic hydroxyl groups is 1. The van der Waals surface area contributed by atoms with Crippen LogP contribution in [0.25, 0.3) is 0 Å². The van der Waals surface area contributed by atoms with Crippen LogP contribution in [0.2, 0.25) is 0 Å². The second-order valence-electron chi connectivity index (χ2n) is 6.02. The lowest BCUT2D eigenvalue weighted by molar-refractivity contribution is -0.384. The van der Waals surface area contributed by atoms with E-state index in [2.05, 4.69) is 5.32 Å². The number of aliphatic hydroxyl groups excluding tert-OH is 1. The number of anilines is 1. The molecule has 3 rings (SSSR count). The van der Waals surface area contributed by atoms with Crippen LogP contribution < -0.4 is 5.32 Å². The highest BCUT2D eigenvalue weighted by atomic mass is 19.1. The molecule has 0 unspecified atom stereocenters. The molecule has 0 atom stereocenters. The predicted molar refractivity (Wildman–Crippen MR) is 84.8 cm³/mol. The minimum atomic E-state index is -0.633. The fourth-order valence-corrected chi connectivity index (χ4v) is 2.86. The summed E-state index contributed by atoms with van der Waals surface area (Å²) in [5, 5.41) is 23.3. The number of halogens is 2. The van der Waals surface area contributed by atoms with Gasteiger partial charge in [0.15, 0.2) is 0 Å². The van der Waals surface area contributed by atoms with E-state index in [1.165, 1.54) is 30.3 Å². The van der Waals surface area contributed by atoms with Crippen molar-refractivity contribution in [3.8, 4) is 0 Å². The molecule has 0 aromatic heterocycles. The first-order chi connectivity index (χ1) is 11.4. The zero-order valence-corrected chi connectivity index (χ0v) is 12.8. The molecule has 0 saturated heterocycles. The first-order valence-corrected chi connectivity index (χ1v) is 7.53. The van der Waals surface area contributed by atoms with Crippen molar-refractivity contribution >= 4 is 11.4 Å². The molecule has 5 nitrogen and oxygen atoms in total. The number of nitro groups is 1. The smallest absolute Gasteiger partial charge is 0.292 e. The van der Waals surface area contributed by atoms with Gasteiger partial charge in [0.1, 0.15) is 17.3 Å². The molecular weight excluding hydrogens is 318 g/mol. The minimum Gasteiger partial charge on any atom is -0.392 e. The van der Waals surface area contributed by atoms with Gasteiger partial charge in [-0.15, -0.1) is 0 Å². The van der Waals surface area contributed by atoms with Crippen LogP contribution in [-0.4, -0.2) is 16.6 Å². The minimum absolute atomic E-state index is 0.109. The Kier molecular flexibility index (Phi) is 4.19. The van der Waals surface area contributed by atoms with Gasteiger partial charge in [-0.3, -0.25) is 10.1 Å². The molecule has 1 aliphatic carbocycles. The van der Waals surface area contributed by atoms with Crippen molar-refractivity contribution in [2.75, 3.05) is 11.9 Å². The maximum absolute atomic E-state index is 14.0. The van der Waals surface area contributed by atoms with Gasteiger partial charge in [0.05, 0.1) is 11.5 Å². The van der Waals surface area contributed by atoms with E-state index in [1.807, 2.05) is 0 Å². The summed E-state index contributed by atoms with van der Waals surface area (Å²) in [6, 6.07) is 7.81. The fraction of sp³-hybridized carbons (Fsp3) is 0.294. The predicted octanol–water partition coefficient (Wildman–Crippen LogP) is 3.51. The van der Waals surface area contributed by atoms with Crippen LogP contribution in [0.3, 0.4) is 0 Å². The topological polar surface area (TPSA) is 75.4 Å². The fourth-order valence-electron chi connectivity index (χ4n) is 2.86. The monoisotopic (exact) mass is 334 g/mol. The van der Waals surface area contributed by atoms with Gasteiger partial charge in [0.2, 0.25) is 0 Å². The molecule has 2 aromatic carbocycles. The Hall–Kier alpha value is -2.54. The largest absolute Gasteiger partial charge is 0.392 e. The Balaban J connectivity index is 1.84. The average molecular weight is 334 g/mol. The molecule has 0 amide bonds. The first-order valence-electron chi connectivity index (χ1n) is 7.53. The van der Waals surface area contributed by atoms with Crippen molar-refractivity contribution in [1.29, 1.82) is 0 Å². The number of nitrogens with zero attached hydrogens (tertiary/aromatic N) is 1. The first kappa shape index (κ1) is 16.3. The van der Waals surface area contributed by atoms with Gasteiger partial charge in [-0.2, -0.15) is 0 Å². The molecule has 1 fully saturated rings. The third-order valence-electron chi connectivity index (χ3n) is 4.41. The van der Waals surface area contributed by atoms with E-state index < -0.39 is 22.0 Å². The molecule has 1 aliphatic rings. The highest BCUT2D eigenvalue weighted by molar-refractivity contribution is 5.63. The molecular formula is C17H16F2N2O3. The van der Waals surface area contributed by atoms with E-state index >= 15 is 0 Å². The van der Waals surface area contributed by atoms with E-state index in [1.54, 1.807) is 0 Å². The summed E-state index contributed by atoms with van der Waals surface area (Å²) in [5.41, 5.74) is 0.641. The van der Waals surface area contributed by atoms with Crippen LogP contribution in [0.15, 0.2) is 36.4 Å². The summed E-state index contributed by atoms with van der Waals surface area (Å²) < 4.78 is 27.1. The summed E-state index contributed by atoms with van der Waals surface area (Å²) >= 11 is 0. The summed E-state index contributed by atoms with van der Waals surface area (Å²) in [4.78, 5) is 10.6. The van der Waals surface area contributed by atoms with Crippen molar-refractivity contribution in [2.24, 2.45) is 0 Å². The van der Waals surface area contributed by atoms with Gasteiger partial charge >= 0.3 is 0 Å². The molecule has 2 aromatic rings. The lowest BCUT2D eigenvalue weighted by Crippen LogP contribution is -2.21. The zero-order chi connectivity index (χ0) is 17.3. The van der Waals surface area contributed by atoms with Crippen LogP contribution in [0, 0.1) is 21.7 Å². The van der Waals surface area contributed by atoms with E-state index in [9.17, 15) is 24.0 Å². The molecule has 2 N–H and O–H groups in total. The van der Waals surface area contributed by atoms with E-state index in [4.69, 9.17) is 0 Å². The highest BCUT2D eigenvalue weighted by Crippen LogP contribution is 2.49. The second-order valence-corrected chi connectivity index (χ2v) is 6.02. The van der Waals surface area contributed by atoms with Crippen molar-refractivity contribution in [2.45, 2.75) is 24.9 Å². The Labute approximate surface area is 137 Å². The van der Waals surface area contributed by atoms with Crippen LogP contribution in [0.1, 0.15) is 24.0 Å². The lowest BCUT2D eigenvalue weighted by Gasteiger charge is -2.18. The van der Waals surface area contributed by atoms with E-state index in [0.717, 1.165) is 18.9 Å². The SMILES string of the molecule is O=[N+]([O-])c1ccc(CO)cc1NCC1(c2ccc(F)cc2F)CC1.